The van der Waals surface area contributed by atoms with Gasteiger partial charge in [0.15, 0.2) is 0 Å². The smallest absolute Gasteiger partial charge is 0.274 e. The average molecular weight is 343 g/mol. The standard InChI is InChI=1S/C19H25N3O3/c1-13(2)22-19(24)16-6-4-3-5-15(16)17(21-22)11-18(23)20-12-14-7-9-25-10-8-14/h3-6,13-14H,7-12H2,1-2H3,(H,20,23). The van der Waals surface area contributed by atoms with Crippen LogP contribution in [0.3, 0.4) is 0 Å². The van der Waals surface area contributed by atoms with Gasteiger partial charge in [-0.05, 0) is 38.7 Å². The molecule has 2 aromatic rings. The van der Waals surface area contributed by atoms with Gasteiger partial charge in [0, 0.05) is 25.1 Å². The molecule has 25 heavy (non-hydrogen) atoms. The van der Waals surface area contributed by atoms with Gasteiger partial charge in [0.05, 0.1) is 23.5 Å². The van der Waals surface area contributed by atoms with Gasteiger partial charge in [-0.25, -0.2) is 4.68 Å². The first kappa shape index (κ1) is 17.6. The molecular weight excluding hydrogens is 318 g/mol. The van der Waals surface area contributed by atoms with Crippen molar-refractivity contribution in [2.45, 2.75) is 39.2 Å². The van der Waals surface area contributed by atoms with Gasteiger partial charge in [-0.2, -0.15) is 5.10 Å². The fraction of sp³-hybridized carbons (Fsp3) is 0.526. The number of benzene rings is 1. The van der Waals surface area contributed by atoms with Gasteiger partial charge in [0.25, 0.3) is 5.56 Å². The zero-order valence-corrected chi connectivity index (χ0v) is 14.8. The Balaban J connectivity index is 1.79. The second-order valence-electron chi connectivity index (χ2n) is 6.87. The van der Waals surface area contributed by atoms with Crippen molar-refractivity contribution in [3.8, 4) is 0 Å². The van der Waals surface area contributed by atoms with Crippen LogP contribution in [-0.2, 0) is 16.0 Å². The maximum atomic E-state index is 12.5. The fourth-order valence-electron chi connectivity index (χ4n) is 3.18. The number of hydrogen-bond donors (Lipinski definition) is 1. The molecule has 6 heteroatoms. The predicted molar refractivity (Wildman–Crippen MR) is 96.6 cm³/mol. The number of nitrogens with one attached hydrogen (secondary N) is 1. The molecule has 0 saturated carbocycles. The third-order valence-corrected chi connectivity index (χ3v) is 4.65. The van der Waals surface area contributed by atoms with Crippen LogP contribution < -0.4 is 10.9 Å². The van der Waals surface area contributed by atoms with Crippen LogP contribution in [0.25, 0.3) is 10.8 Å². The van der Waals surface area contributed by atoms with E-state index in [1.807, 2.05) is 32.0 Å². The fourth-order valence-corrected chi connectivity index (χ4v) is 3.18. The van der Waals surface area contributed by atoms with E-state index < -0.39 is 0 Å². The molecule has 1 amide bonds. The Morgan fingerprint density at radius 1 is 1.28 bits per heavy atom. The first-order valence-electron chi connectivity index (χ1n) is 8.91. The first-order chi connectivity index (χ1) is 12.1. The van der Waals surface area contributed by atoms with Crippen LogP contribution in [0.1, 0.15) is 38.4 Å². The number of carbonyl (C=O) groups is 1. The van der Waals surface area contributed by atoms with Crippen LogP contribution in [0.4, 0.5) is 0 Å². The van der Waals surface area contributed by atoms with Crippen molar-refractivity contribution in [2.24, 2.45) is 5.92 Å². The van der Waals surface area contributed by atoms with E-state index in [0.29, 0.717) is 23.5 Å². The van der Waals surface area contributed by atoms with E-state index in [1.165, 1.54) is 4.68 Å². The van der Waals surface area contributed by atoms with E-state index in [2.05, 4.69) is 10.4 Å². The average Bonchev–Trinajstić information content (AvgIpc) is 2.63. The summed E-state index contributed by atoms with van der Waals surface area (Å²) in [6, 6.07) is 7.30. The van der Waals surface area contributed by atoms with Crippen molar-refractivity contribution in [2.75, 3.05) is 19.8 Å². The van der Waals surface area contributed by atoms with Crippen LogP contribution >= 0.6 is 0 Å². The zero-order chi connectivity index (χ0) is 17.8. The third kappa shape index (κ3) is 4.07. The highest BCUT2D eigenvalue weighted by molar-refractivity contribution is 5.88. The monoisotopic (exact) mass is 343 g/mol. The Kier molecular flexibility index (Phi) is 5.48. The van der Waals surface area contributed by atoms with Crippen LogP contribution in [0, 0.1) is 5.92 Å². The molecule has 0 aliphatic carbocycles. The maximum absolute atomic E-state index is 12.5. The van der Waals surface area contributed by atoms with Crippen molar-refractivity contribution in [3.63, 3.8) is 0 Å². The van der Waals surface area contributed by atoms with Crippen molar-refractivity contribution >= 4 is 16.7 Å². The van der Waals surface area contributed by atoms with Gasteiger partial charge < -0.3 is 10.1 Å². The number of nitrogens with zero attached hydrogens (tertiary/aromatic N) is 2. The summed E-state index contributed by atoms with van der Waals surface area (Å²) < 4.78 is 6.80. The molecule has 1 saturated heterocycles. The normalized spacial score (nSPS) is 15.6. The summed E-state index contributed by atoms with van der Waals surface area (Å²) in [5, 5.41) is 8.83. The lowest BCUT2D eigenvalue weighted by molar-refractivity contribution is -0.120. The van der Waals surface area contributed by atoms with E-state index in [4.69, 9.17) is 4.74 Å². The molecule has 1 N–H and O–H groups in total. The Morgan fingerprint density at radius 3 is 2.64 bits per heavy atom. The summed E-state index contributed by atoms with van der Waals surface area (Å²) in [7, 11) is 0. The van der Waals surface area contributed by atoms with Gasteiger partial charge in [0.2, 0.25) is 5.91 Å². The summed E-state index contributed by atoms with van der Waals surface area (Å²) in [6.07, 6.45) is 2.15. The molecule has 0 unspecified atom stereocenters. The van der Waals surface area contributed by atoms with Crippen LogP contribution in [0.15, 0.2) is 29.1 Å². The molecule has 1 aliphatic rings. The zero-order valence-electron chi connectivity index (χ0n) is 14.8. The number of aromatic nitrogens is 2. The molecule has 1 aromatic carbocycles. The molecule has 1 aromatic heterocycles. The van der Waals surface area contributed by atoms with E-state index in [9.17, 15) is 9.59 Å². The predicted octanol–water partition coefficient (Wildman–Crippen LogP) is 2.06. The molecule has 0 bridgehead atoms. The molecule has 2 heterocycles. The second kappa shape index (κ2) is 7.78. The van der Waals surface area contributed by atoms with Gasteiger partial charge in [-0.1, -0.05) is 18.2 Å². The molecule has 6 nitrogen and oxygen atoms in total. The largest absolute Gasteiger partial charge is 0.381 e. The van der Waals surface area contributed by atoms with E-state index >= 15 is 0 Å². The summed E-state index contributed by atoms with van der Waals surface area (Å²) in [6.45, 7) is 6.04. The van der Waals surface area contributed by atoms with E-state index in [-0.39, 0.29) is 23.9 Å². The molecule has 0 radical (unpaired) electrons. The minimum absolute atomic E-state index is 0.0545. The maximum Gasteiger partial charge on any atom is 0.274 e. The Hall–Kier alpha value is -2.21. The highest BCUT2D eigenvalue weighted by Crippen LogP contribution is 2.16. The number of rotatable bonds is 5. The lowest BCUT2D eigenvalue weighted by Crippen LogP contribution is -2.34. The minimum Gasteiger partial charge on any atom is -0.381 e. The Morgan fingerprint density at radius 2 is 1.96 bits per heavy atom. The van der Waals surface area contributed by atoms with Crippen molar-refractivity contribution in [3.05, 3.63) is 40.3 Å². The van der Waals surface area contributed by atoms with Gasteiger partial charge in [-0.15, -0.1) is 0 Å². The second-order valence-corrected chi connectivity index (χ2v) is 6.87. The molecule has 0 atom stereocenters. The minimum atomic E-state index is -0.114. The van der Waals surface area contributed by atoms with Crippen molar-refractivity contribution in [1.82, 2.24) is 15.1 Å². The number of ether oxygens (including phenoxy) is 1. The van der Waals surface area contributed by atoms with Crippen LogP contribution in [-0.4, -0.2) is 35.4 Å². The lowest BCUT2D eigenvalue weighted by atomic mass is 10.0. The quantitative estimate of drug-likeness (QED) is 0.902. The number of carbonyl (C=O) groups excluding carboxylic acids is 1. The molecule has 1 fully saturated rings. The lowest BCUT2D eigenvalue weighted by Gasteiger charge is -2.22. The summed E-state index contributed by atoms with van der Waals surface area (Å²) >= 11 is 0. The van der Waals surface area contributed by atoms with Gasteiger partial charge >= 0.3 is 0 Å². The van der Waals surface area contributed by atoms with Crippen molar-refractivity contribution in [1.29, 1.82) is 0 Å². The third-order valence-electron chi connectivity index (χ3n) is 4.65. The van der Waals surface area contributed by atoms with Crippen LogP contribution in [0.2, 0.25) is 0 Å². The number of hydrogen-bond acceptors (Lipinski definition) is 4. The molecule has 3 rings (SSSR count). The van der Waals surface area contributed by atoms with Gasteiger partial charge in [-0.3, -0.25) is 9.59 Å². The molecule has 134 valence electrons. The highest BCUT2D eigenvalue weighted by atomic mass is 16.5. The summed E-state index contributed by atoms with van der Waals surface area (Å²) in [4.78, 5) is 24.9. The number of amides is 1. The van der Waals surface area contributed by atoms with Crippen LogP contribution in [0.5, 0.6) is 0 Å². The summed E-state index contributed by atoms with van der Waals surface area (Å²) in [5.41, 5.74) is 0.533. The molecule has 1 aliphatic heterocycles. The van der Waals surface area contributed by atoms with E-state index in [1.54, 1.807) is 6.07 Å². The Bertz CT molecular complexity index is 807. The van der Waals surface area contributed by atoms with E-state index in [0.717, 1.165) is 31.4 Å². The van der Waals surface area contributed by atoms with Crippen molar-refractivity contribution < 1.29 is 9.53 Å². The summed E-state index contributed by atoms with van der Waals surface area (Å²) in [5.74, 6) is 0.421. The highest BCUT2D eigenvalue weighted by Gasteiger charge is 2.17. The SMILES string of the molecule is CC(C)n1nc(CC(=O)NCC2CCOCC2)c2ccccc2c1=O. The Labute approximate surface area is 147 Å². The number of fused-ring (bicyclic) bond motifs is 1. The molecular formula is C19H25N3O3. The molecule has 0 spiro atoms. The first-order valence-corrected chi connectivity index (χ1v) is 8.91. The van der Waals surface area contributed by atoms with Gasteiger partial charge in [0.1, 0.15) is 0 Å². The topological polar surface area (TPSA) is 73.2 Å².